The number of nitrogens with zero attached hydrogens (tertiary/aromatic N) is 4. The van der Waals surface area contributed by atoms with Crippen LogP contribution in [0.5, 0.6) is 5.88 Å². The Morgan fingerprint density at radius 2 is 2.17 bits per heavy atom. The number of hydrogen-bond acceptors (Lipinski definition) is 7. The van der Waals surface area contributed by atoms with Gasteiger partial charge < -0.3 is 19.3 Å². The van der Waals surface area contributed by atoms with Gasteiger partial charge in [0.25, 0.3) is 0 Å². The number of carbonyl (C=O) groups excluding carboxylic acids is 1. The molecule has 1 N–H and O–H groups in total. The van der Waals surface area contributed by atoms with Gasteiger partial charge in [0.1, 0.15) is 5.52 Å². The van der Waals surface area contributed by atoms with Gasteiger partial charge >= 0.3 is 6.03 Å². The third-order valence-corrected chi connectivity index (χ3v) is 6.70. The summed E-state index contributed by atoms with van der Waals surface area (Å²) in [5.41, 5.74) is 1.90. The van der Waals surface area contributed by atoms with Crippen LogP contribution < -0.4 is 10.1 Å². The fourth-order valence-electron chi connectivity index (χ4n) is 4.26. The van der Waals surface area contributed by atoms with Gasteiger partial charge in [-0.05, 0) is 50.8 Å². The van der Waals surface area contributed by atoms with E-state index in [1.54, 1.807) is 7.11 Å². The molecule has 2 saturated heterocycles. The first kappa shape index (κ1) is 20.3. The van der Waals surface area contributed by atoms with Crippen molar-refractivity contribution in [1.29, 1.82) is 0 Å². The van der Waals surface area contributed by atoms with Crippen LogP contribution in [0.25, 0.3) is 10.2 Å². The average Bonchev–Trinajstić information content (AvgIpc) is 3.34. The third-order valence-electron chi connectivity index (χ3n) is 5.68. The SMILES string of the molecule is COc1ncc(C2CCOCC2)c2sc(NC(=O)N3CC[C@H](CN(C)C)C3)nc12. The van der Waals surface area contributed by atoms with Crippen LogP contribution in [0.4, 0.5) is 9.93 Å². The molecule has 29 heavy (non-hydrogen) atoms. The number of pyridine rings is 1. The monoisotopic (exact) mass is 419 g/mol. The topological polar surface area (TPSA) is 79.8 Å². The van der Waals surface area contributed by atoms with Gasteiger partial charge in [-0.2, -0.15) is 0 Å². The molecular formula is C20H29N5O3S. The molecule has 158 valence electrons. The van der Waals surface area contributed by atoms with Crippen molar-refractivity contribution in [2.24, 2.45) is 5.92 Å². The van der Waals surface area contributed by atoms with Crippen LogP contribution in [0.3, 0.4) is 0 Å². The molecule has 4 heterocycles. The van der Waals surface area contributed by atoms with E-state index in [4.69, 9.17) is 9.47 Å². The summed E-state index contributed by atoms with van der Waals surface area (Å²) in [5.74, 6) is 1.43. The molecule has 0 saturated carbocycles. The predicted molar refractivity (Wildman–Crippen MR) is 114 cm³/mol. The summed E-state index contributed by atoms with van der Waals surface area (Å²) in [5, 5.41) is 3.60. The quantitative estimate of drug-likeness (QED) is 0.803. The summed E-state index contributed by atoms with van der Waals surface area (Å²) >= 11 is 1.51. The first-order chi connectivity index (χ1) is 14.0. The number of ether oxygens (including phenoxy) is 2. The molecule has 0 spiro atoms. The van der Waals surface area contributed by atoms with Crippen molar-refractivity contribution in [3.05, 3.63) is 11.8 Å². The number of anilines is 1. The third kappa shape index (κ3) is 4.46. The second kappa shape index (κ2) is 8.81. The molecule has 9 heteroatoms. The number of thiazole rings is 1. The number of rotatable bonds is 5. The van der Waals surface area contributed by atoms with Crippen molar-refractivity contribution in [2.75, 3.05) is 59.4 Å². The predicted octanol–water partition coefficient (Wildman–Crippen LogP) is 3.01. The Bertz CT molecular complexity index is 865. The molecule has 2 aliphatic rings. The van der Waals surface area contributed by atoms with Crippen LogP contribution in [-0.4, -0.2) is 79.9 Å². The summed E-state index contributed by atoms with van der Waals surface area (Å²) in [6.07, 6.45) is 4.89. The number of urea groups is 1. The average molecular weight is 420 g/mol. The van der Waals surface area contributed by atoms with Crippen LogP contribution >= 0.6 is 11.3 Å². The van der Waals surface area contributed by atoms with Gasteiger partial charge in [0.2, 0.25) is 5.88 Å². The number of nitrogens with one attached hydrogen (secondary N) is 1. The van der Waals surface area contributed by atoms with Crippen molar-refractivity contribution in [3.8, 4) is 5.88 Å². The molecule has 2 amide bonds. The minimum absolute atomic E-state index is 0.0788. The largest absolute Gasteiger partial charge is 0.479 e. The maximum atomic E-state index is 12.8. The van der Waals surface area contributed by atoms with Crippen LogP contribution in [0.15, 0.2) is 6.20 Å². The number of aromatic nitrogens is 2. The second-order valence-corrected chi connectivity index (χ2v) is 9.10. The van der Waals surface area contributed by atoms with Gasteiger partial charge in [0, 0.05) is 39.0 Å². The lowest BCUT2D eigenvalue weighted by molar-refractivity contribution is 0.0855. The highest BCUT2D eigenvalue weighted by atomic mass is 32.1. The van der Waals surface area contributed by atoms with E-state index in [9.17, 15) is 4.79 Å². The van der Waals surface area contributed by atoms with Gasteiger partial charge in [0.05, 0.1) is 11.8 Å². The Morgan fingerprint density at radius 3 is 2.90 bits per heavy atom. The Balaban J connectivity index is 1.53. The fourth-order valence-corrected chi connectivity index (χ4v) is 5.30. The molecule has 2 fully saturated rings. The van der Waals surface area contributed by atoms with Crippen LogP contribution in [0.2, 0.25) is 0 Å². The Labute approximate surface area is 175 Å². The lowest BCUT2D eigenvalue weighted by Gasteiger charge is -2.22. The maximum Gasteiger partial charge on any atom is 0.323 e. The van der Waals surface area contributed by atoms with E-state index < -0.39 is 0 Å². The molecule has 0 unspecified atom stereocenters. The number of methoxy groups -OCH3 is 1. The minimum atomic E-state index is -0.0788. The molecule has 0 bridgehead atoms. The summed E-state index contributed by atoms with van der Waals surface area (Å²) in [7, 11) is 5.74. The van der Waals surface area contributed by atoms with Crippen LogP contribution in [0.1, 0.15) is 30.7 Å². The summed E-state index contributed by atoms with van der Waals surface area (Å²) < 4.78 is 12.0. The second-order valence-electron chi connectivity index (χ2n) is 8.10. The molecule has 0 radical (unpaired) electrons. The normalized spacial score (nSPS) is 20.6. The van der Waals surface area contributed by atoms with Crippen molar-refractivity contribution in [3.63, 3.8) is 0 Å². The van der Waals surface area contributed by atoms with Gasteiger partial charge in [-0.1, -0.05) is 11.3 Å². The summed E-state index contributed by atoms with van der Waals surface area (Å²) in [6, 6.07) is -0.0788. The zero-order valence-electron chi connectivity index (χ0n) is 17.3. The molecule has 2 aliphatic heterocycles. The number of amides is 2. The highest BCUT2D eigenvalue weighted by Gasteiger charge is 2.28. The Kier molecular flexibility index (Phi) is 6.17. The Morgan fingerprint density at radius 1 is 1.38 bits per heavy atom. The first-order valence-electron chi connectivity index (χ1n) is 10.2. The van der Waals surface area contributed by atoms with Gasteiger partial charge in [-0.25, -0.2) is 14.8 Å². The maximum absolute atomic E-state index is 12.8. The van der Waals surface area contributed by atoms with Gasteiger partial charge in [0.15, 0.2) is 5.13 Å². The zero-order valence-corrected chi connectivity index (χ0v) is 18.1. The van der Waals surface area contributed by atoms with E-state index in [-0.39, 0.29) is 6.03 Å². The molecule has 1 atom stereocenters. The molecule has 8 nitrogen and oxygen atoms in total. The van der Waals surface area contributed by atoms with Crippen molar-refractivity contribution in [1.82, 2.24) is 19.8 Å². The molecular weight excluding hydrogens is 390 g/mol. The minimum Gasteiger partial charge on any atom is -0.479 e. The summed E-state index contributed by atoms with van der Waals surface area (Å²) in [6.45, 7) is 4.11. The van der Waals surface area contributed by atoms with Gasteiger partial charge in [-0.3, -0.25) is 5.32 Å². The van der Waals surface area contributed by atoms with E-state index in [2.05, 4.69) is 34.3 Å². The van der Waals surface area contributed by atoms with E-state index in [1.165, 1.54) is 16.9 Å². The molecule has 0 aromatic carbocycles. The van der Waals surface area contributed by atoms with Crippen molar-refractivity contribution in [2.45, 2.75) is 25.2 Å². The highest BCUT2D eigenvalue weighted by molar-refractivity contribution is 7.22. The first-order valence-corrected chi connectivity index (χ1v) is 11.0. The van der Waals surface area contributed by atoms with E-state index >= 15 is 0 Å². The number of hydrogen-bond donors (Lipinski definition) is 1. The smallest absolute Gasteiger partial charge is 0.323 e. The van der Waals surface area contributed by atoms with Crippen LogP contribution in [-0.2, 0) is 4.74 Å². The number of likely N-dealkylation sites (tertiary alicyclic amines) is 1. The van der Waals surface area contributed by atoms with Gasteiger partial charge in [-0.15, -0.1) is 0 Å². The van der Waals surface area contributed by atoms with Crippen LogP contribution in [0, 0.1) is 5.92 Å². The van der Waals surface area contributed by atoms with E-state index in [0.29, 0.717) is 22.8 Å². The Hall–Kier alpha value is -1.97. The molecule has 0 aliphatic carbocycles. The lowest BCUT2D eigenvalue weighted by Crippen LogP contribution is -2.34. The molecule has 2 aromatic rings. The molecule has 4 rings (SSSR count). The number of carbonyl (C=O) groups is 1. The zero-order chi connectivity index (χ0) is 20.4. The van der Waals surface area contributed by atoms with Crippen molar-refractivity contribution >= 4 is 32.7 Å². The number of fused-ring (bicyclic) bond motifs is 1. The summed E-state index contributed by atoms with van der Waals surface area (Å²) in [4.78, 5) is 25.9. The lowest BCUT2D eigenvalue weighted by atomic mass is 9.93. The fraction of sp³-hybridized carbons (Fsp3) is 0.650. The van der Waals surface area contributed by atoms with Crippen molar-refractivity contribution < 1.29 is 14.3 Å². The highest BCUT2D eigenvalue weighted by Crippen LogP contribution is 2.39. The molecule has 2 aromatic heterocycles. The van der Waals surface area contributed by atoms with E-state index in [1.807, 2.05) is 11.1 Å². The standard InChI is InChI=1S/C20H29N5O3S/c1-24(2)11-13-4-7-25(12-13)20(26)23-19-22-16-17(29-19)15(10-21-18(16)27-3)14-5-8-28-9-6-14/h10,13-14H,4-9,11-12H2,1-3H3,(H,22,23,26)/t13-/m1/s1. The van der Waals surface area contributed by atoms with E-state index in [0.717, 1.165) is 62.3 Å².